The Morgan fingerprint density at radius 1 is 1.28 bits per heavy atom. The van der Waals surface area contributed by atoms with Crippen molar-refractivity contribution in [1.29, 1.82) is 0 Å². The van der Waals surface area contributed by atoms with Gasteiger partial charge in [0, 0.05) is 13.2 Å². The molecule has 0 radical (unpaired) electrons. The van der Waals surface area contributed by atoms with Gasteiger partial charge in [0.1, 0.15) is 0 Å². The van der Waals surface area contributed by atoms with E-state index in [-0.39, 0.29) is 30.3 Å². The standard InChI is InChI=1S/C13H28N2O2.ClH/c1-5-7-13(4,14)11(17)15-9-6-8-12(2,3)10-16;/h16H,5-10,14H2,1-4H3,(H,15,17);1H. The molecular weight excluding hydrogens is 252 g/mol. The van der Waals surface area contributed by atoms with Crippen molar-refractivity contribution in [2.24, 2.45) is 11.1 Å². The molecule has 0 aromatic carbocycles. The van der Waals surface area contributed by atoms with E-state index < -0.39 is 5.54 Å². The Labute approximate surface area is 117 Å². The topological polar surface area (TPSA) is 75.4 Å². The van der Waals surface area contributed by atoms with Gasteiger partial charge in [-0.1, -0.05) is 27.2 Å². The van der Waals surface area contributed by atoms with Crippen LogP contribution in [0.15, 0.2) is 0 Å². The summed E-state index contributed by atoms with van der Waals surface area (Å²) in [5.41, 5.74) is 5.08. The van der Waals surface area contributed by atoms with Gasteiger partial charge in [-0.25, -0.2) is 0 Å². The first-order valence-corrected chi connectivity index (χ1v) is 6.43. The number of carbonyl (C=O) groups is 1. The number of nitrogens with one attached hydrogen (secondary N) is 1. The van der Waals surface area contributed by atoms with E-state index in [0.717, 1.165) is 19.3 Å². The number of amides is 1. The van der Waals surface area contributed by atoms with Gasteiger partial charge in [0.15, 0.2) is 0 Å². The fourth-order valence-corrected chi connectivity index (χ4v) is 1.68. The van der Waals surface area contributed by atoms with Crippen molar-refractivity contribution in [2.75, 3.05) is 13.2 Å². The lowest BCUT2D eigenvalue weighted by Crippen LogP contribution is -2.51. The van der Waals surface area contributed by atoms with E-state index in [4.69, 9.17) is 10.8 Å². The smallest absolute Gasteiger partial charge is 0.239 e. The second-order valence-corrected chi connectivity index (χ2v) is 5.85. The van der Waals surface area contributed by atoms with E-state index in [2.05, 4.69) is 5.32 Å². The van der Waals surface area contributed by atoms with Crippen molar-refractivity contribution in [3.63, 3.8) is 0 Å². The minimum atomic E-state index is -0.763. The highest BCUT2D eigenvalue weighted by Gasteiger charge is 2.26. The average Bonchev–Trinajstić information content (AvgIpc) is 2.24. The molecule has 4 nitrogen and oxygen atoms in total. The Hall–Kier alpha value is -0.320. The fraction of sp³-hybridized carbons (Fsp3) is 0.923. The van der Waals surface area contributed by atoms with E-state index in [1.54, 1.807) is 6.92 Å². The Bertz CT molecular complexity index is 243. The molecule has 0 aliphatic carbocycles. The van der Waals surface area contributed by atoms with Crippen LogP contribution in [-0.4, -0.2) is 29.7 Å². The van der Waals surface area contributed by atoms with Crippen molar-refractivity contribution in [1.82, 2.24) is 5.32 Å². The predicted molar refractivity (Wildman–Crippen MR) is 77.9 cm³/mol. The second kappa shape index (κ2) is 8.73. The molecule has 110 valence electrons. The van der Waals surface area contributed by atoms with Crippen molar-refractivity contribution in [2.45, 2.75) is 58.9 Å². The summed E-state index contributed by atoms with van der Waals surface area (Å²) in [6, 6.07) is 0. The molecule has 0 rings (SSSR count). The summed E-state index contributed by atoms with van der Waals surface area (Å²) in [6.45, 7) is 8.60. The lowest BCUT2D eigenvalue weighted by molar-refractivity contribution is -0.126. The largest absolute Gasteiger partial charge is 0.396 e. The van der Waals surface area contributed by atoms with Gasteiger partial charge in [-0.3, -0.25) is 4.79 Å². The molecular formula is C13H29ClN2O2. The average molecular weight is 281 g/mol. The van der Waals surface area contributed by atoms with Crippen molar-refractivity contribution in [3.8, 4) is 0 Å². The molecule has 0 bridgehead atoms. The molecule has 0 aromatic heterocycles. The third kappa shape index (κ3) is 7.90. The predicted octanol–water partition coefficient (Wildman–Crippen LogP) is 1.84. The van der Waals surface area contributed by atoms with Crippen LogP contribution < -0.4 is 11.1 Å². The first-order chi connectivity index (χ1) is 7.75. The molecule has 4 N–H and O–H groups in total. The normalized spacial score (nSPS) is 14.6. The van der Waals surface area contributed by atoms with E-state index in [9.17, 15) is 4.79 Å². The monoisotopic (exact) mass is 280 g/mol. The van der Waals surface area contributed by atoms with Crippen LogP contribution in [0.2, 0.25) is 0 Å². The zero-order chi connectivity index (χ0) is 13.5. The minimum Gasteiger partial charge on any atom is -0.396 e. The number of hydrogen-bond donors (Lipinski definition) is 3. The van der Waals surface area contributed by atoms with E-state index in [0.29, 0.717) is 13.0 Å². The molecule has 1 unspecified atom stereocenters. The zero-order valence-electron chi connectivity index (χ0n) is 12.1. The number of hydrogen-bond acceptors (Lipinski definition) is 3. The van der Waals surface area contributed by atoms with Crippen LogP contribution in [0.5, 0.6) is 0 Å². The van der Waals surface area contributed by atoms with Crippen LogP contribution in [0.3, 0.4) is 0 Å². The van der Waals surface area contributed by atoms with Gasteiger partial charge >= 0.3 is 0 Å². The zero-order valence-corrected chi connectivity index (χ0v) is 12.9. The van der Waals surface area contributed by atoms with Gasteiger partial charge in [0.05, 0.1) is 5.54 Å². The van der Waals surface area contributed by atoms with Crippen molar-refractivity contribution >= 4 is 18.3 Å². The molecule has 0 aliphatic heterocycles. The molecule has 18 heavy (non-hydrogen) atoms. The van der Waals surface area contributed by atoms with Crippen molar-refractivity contribution in [3.05, 3.63) is 0 Å². The Balaban J connectivity index is 0. The van der Waals surface area contributed by atoms with Gasteiger partial charge in [-0.2, -0.15) is 0 Å². The highest BCUT2D eigenvalue weighted by molar-refractivity contribution is 5.85. The maximum Gasteiger partial charge on any atom is 0.239 e. The lowest BCUT2D eigenvalue weighted by Gasteiger charge is -2.24. The molecule has 1 amide bonds. The molecule has 0 fully saturated rings. The molecule has 0 heterocycles. The van der Waals surface area contributed by atoms with Gasteiger partial charge in [0.2, 0.25) is 5.91 Å². The Morgan fingerprint density at radius 2 is 1.83 bits per heavy atom. The highest BCUT2D eigenvalue weighted by atomic mass is 35.5. The van der Waals surface area contributed by atoms with Crippen molar-refractivity contribution < 1.29 is 9.90 Å². The Kier molecular flexibility index (Phi) is 9.70. The van der Waals surface area contributed by atoms with Gasteiger partial charge in [-0.15, -0.1) is 12.4 Å². The van der Waals surface area contributed by atoms with E-state index in [1.807, 2.05) is 20.8 Å². The highest BCUT2D eigenvalue weighted by Crippen LogP contribution is 2.20. The third-order valence-electron chi connectivity index (χ3n) is 3.03. The molecule has 1 atom stereocenters. The summed E-state index contributed by atoms with van der Waals surface area (Å²) in [6.07, 6.45) is 3.35. The number of carbonyl (C=O) groups excluding carboxylic acids is 1. The van der Waals surface area contributed by atoms with Crippen LogP contribution in [0.1, 0.15) is 53.4 Å². The number of aliphatic hydroxyl groups is 1. The number of nitrogens with two attached hydrogens (primary N) is 1. The summed E-state index contributed by atoms with van der Waals surface area (Å²) < 4.78 is 0. The maximum absolute atomic E-state index is 11.8. The number of rotatable bonds is 8. The van der Waals surface area contributed by atoms with Gasteiger partial charge in [0.25, 0.3) is 0 Å². The summed E-state index contributed by atoms with van der Waals surface area (Å²) in [5.74, 6) is -0.0823. The summed E-state index contributed by atoms with van der Waals surface area (Å²) >= 11 is 0. The van der Waals surface area contributed by atoms with Gasteiger partial charge in [-0.05, 0) is 31.6 Å². The SMILES string of the molecule is CCCC(C)(N)C(=O)NCCCC(C)(C)CO.Cl. The quantitative estimate of drug-likeness (QED) is 0.594. The molecule has 0 saturated carbocycles. The number of aliphatic hydroxyl groups excluding tert-OH is 1. The Morgan fingerprint density at radius 3 is 2.28 bits per heavy atom. The van der Waals surface area contributed by atoms with Crippen LogP contribution in [-0.2, 0) is 4.79 Å². The molecule has 0 saturated heterocycles. The second-order valence-electron chi connectivity index (χ2n) is 5.85. The summed E-state index contributed by atoms with van der Waals surface area (Å²) in [5, 5.41) is 12.0. The van der Waals surface area contributed by atoms with Crippen LogP contribution >= 0.6 is 12.4 Å². The summed E-state index contributed by atoms with van der Waals surface area (Å²) in [7, 11) is 0. The molecule has 0 aliphatic rings. The van der Waals surface area contributed by atoms with E-state index in [1.165, 1.54) is 0 Å². The first kappa shape index (κ1) is 20.0. The summed E-state index contributed by atoms with van der Waals surface area (Å²) in [4.78, 5) is 11.8. The van der Waals surface area contributed by atoms with Crippen LogP contribution in [0, 0.1) is 5.41 Å². The maximum atomic E-state index is 11.8. The molecule has 5 heteroatoms. The first-order valence-electron chi connectivity index (χ1n) is 6.43. The molecule has 0 aromatic rings. The number of halogens is 1. The van der Waals surface area contributed by atoms with Crippen LogP contribution in [0.4, 0.5) is 0 Å². The lowest BCUT2D eigenvalue weighted by atomic mass is 9.89. The van der Waals surface area contributed by atoms with E-state index >= 15 is 0 Å². The minimum absolute atomic E-state index is 0. The van der Waals surface area contributed by atoms with Crippen LogP contribution in [0.25, 0.3) is 0 Å². The fourth-order valence-electron chi connectivity index (χ4n) is 1.68. The molecule has 0 spiro atoms. The van der Waals surface area contributed by atoms with Gasteiger partial charge < -0.3 is 16.2 Å². The third-order valence-corrected chi connectivity index (χ3v) is 3.03.